The highest BCUT2D eigenvalue weighted by molar-refractivity contribution is 7.99. The molecule has 2 aliphatic rings. The standard InChI is InChI=1S/C21H22N6O3S/c28-20(14-31-21-22-23-24-27(21)17-4-2-1-3-5-17)26-10-8-25(9-11-26)13-16-6-7-18-19(12-16)30-15-29-18/h1-7,12H,8-11,13-15H2/p+1. The summed E-state index contributed by atoms with van der Waals surface area (Å²) in [5, 5.41) is 12.5. The van der Waals surface area contributed by atoms with Crippen molar-refractivity contribution in [3.63, 3.8) is 0 Å². The Kier molecular flexibility index (Phi) is 5.72. The quantitative estimate of drug-likeness (QED) is 0.557. The van der Waals surface area contributed by atoms with Crippen molar-refractivity contribution in [3.8, 4) is 17.2 Å². The lowest BCUT2D eigenvalue weighted by molar-refractivity contribution is -0.917. The number of nitrogens with one attached hydrogen (secondary N) is 1. The second-order valence-electron chi connectivity index (χ2n) is 7.49. The monoisotopic (exact) mass is 439 g/mol. The Morgan fingerprint density at radius 3 is 2.71 bits per heavy atom. The summed E-state index contributed by atoms with van der Waals surface area (Å²) in [7, 11) is 0. The largest absolute Gasteiger partial charge is 0.454 e. The molecule has 1 amide bonds. The van der Waals surface area contributed by atoms with Crippen LogP contribution >= 0.6 is 11.8 Å². The van der Waals surface area contributed by atoms with Crippen LogP contribution in [0.2, 0.25) is 0 Å². The Morgan fingerprint density at radius 2 is 1.87 bits per heavy atom. The first kappa shape index (κ1) is 19.8. The van der Waals surface area contributed by atoms with Crippen molar-refractivity contribution in [2.45, 2.75) is 11.7 Å². The molecule has 31 heavy (non-hydrogen) atoms. The lowest BCUT2D eigenvalue weighted by atomic mass is 10.1. The number of thioether (sulfide) groups is 1. The fourth-order valence-corrected chi connectivity index (χ4v) is 4.60. The Bertz CT molecular complexity index is 1050. The van der Waals surface area contributed by atoms with E-state index < -0.39 is 0 Å². The van der Waals surface area contributed by atoms with Crippen LogP contribution in [0.1, 0.15) is 5.56 Å². The van der Waals surface area contributed by atoms with Crippen LogP contribution in [0.3, 0.4) is 0 Å². The molecular weight excluding hydrogens is 416 g/mol. The number of rotatable bonds is 6. The molecule has 10 heteroatoms. The molecule has 160 valence electrons. The highest BCUT2D eigenvalue weighted by Crippen LogP contribution is 2.32. The first-order valence-electron chi connectivity index (χ1n) is 10.2. The first-order valence-corrected chi connectivity index (χ1v) is 11.2. The van der Waals surface area contributed by atoms with Gasteiger partial charge in [-0.3, -0.25) is 4.79 Å². The number of para-hydroxylation sites is 1. The predicted molar refractivity (Wildman–Crippen MR) is 113 cm³/mol. The Hall–Kier alpha value is -3.11. The van der Waals surface area contributed by atoms with Crippen LogP contribution in [0.4, 0.5) is 0 Å². The minimum absolute atomic E-state index is 0.120. The number of hydrogen-bond acceptors (Lipinski definition) is 7. The minimum atomic E-state index is 0.120. The summed E-state index contributed by atoms with van der Waals surface area (Å²) in [5.74, 6) is 2.07. The third-order valence-corrected chi connectivity index (χ3v) is 6.38. The van der Waals surface area contributed by atoms with Crippen molar-refractivity contribution in [3.05, 3.63) is 54.1 Å². The Labute approximate surface area is 183 Å². The number of fused-ring (bicyclic) bond motifs is 1. The summed E-state index contributed by atoms with van der Waals surface area (Å²) in [6.45, 7) is 4.56. The van der Waals surface area contributed by atoms with E-state index in [1.54, 1.807) is 4.68 Å². The molecule has 1 saturated heterocycles. The molecule has 3 aromatic rings. The molecule has 0 bridgehead atoms. The molecule has 9 nitrogen and oxygen atoms in total. The maximum atomic E-state index is 12.7. The summed E-state index contributed by atoms with van der Waals surface area (Å²) >= 11 is 1.37. The van der Waals surface area contributed by atoms with Crippen LogP contribution in [-0.4, -0.2) is 69.7 Å². The number of benzene rings is 2. The van der Waals surface area contributed by atoms with Crippen molar-refractivity contribution in [1.29, 1.82) is 0 Å². The molecule has 3 heterocycles. The fraction of sp³-hybridized carbons (Fsp3) is 0.333. The molecular formula is C21H23N6O3S+. The second kappa shape index (κ2) is 8.94. The number of piperazine rings is 1. The van der Waals surface area contributed by atoms with Crippen LogP contribution in [0, 0.1) is 0 Å². The Balaban J connectivity index is 1.11. The van der Waals surface area contributed by atoms with Crippen molar-refractivity contribution in [1.82, 2.24) is 25.1 Å². The van der Waals surface area contributed by atoms with Crippen LogP contribution in [0.15, 0.2) is 53.7 Å². The third-order valence-electron chi connectivity index (χ3n) is 5.48. The van der Waals surface area contributed by atoms with E-state index in [1.165, 1.54) is 22.2 Å². The van der Waals surface area contributed by atoms with Gasteiger partial charge in [0, 0.05) is 5.56 Å². The van der Waals surface area contributed by atoms with Crippen LogP contribution in [-0.2, 0) is 11.3 Å². The van der Waals surface area contributed by atoms with Gasteiger partial charge in [-0.1, -0.05) is 30.0 Å². The molecule has 0 radical (unpaired) electrons. The van der Waals surface area contributed by atoms with Gasteiger partial charge in [0.2, 0.25) is 17.9 Å². The van der Waals surface area contributed by atoms with Gasteiger partial charge >= 0.3 is 0 Å². The van der Waals surface area contributed by atoms with Gasteiger partial charge in [0.05, 0.1) is 37.6 Å². The summed E-state index contributed by atoms with van der Waals surface area (Å²) in [6, 6.07) is 15.8. The zero-order valence-electron chi connectivity index (χ0n) is 16.9. The fourth-order valence-electron chi connectivity index (χ4n) is 3.81. The molecule has 1 fully saturated rings. The zero-order valence-corrected chi connectivity index (χ0v) is 17.8. The number of ether oxygens (including phenoxy) is 2. The van der Waals surface area contributed by atoms with E-state index in [-0.39, 0.29) is 5.91 Å². The minimum Gasteiger partial charge on any atom is -0.454 e. The lowest BCUT2D eigenvalue weighted by Gasteiger charge is -2.32. The maximum absolute atomic E-state index is 12.7. The Morgan fingerprint density at radius 1 is 1.06 bits per heavy atom. The molecule has 0 saturated carbocycles. The molecule has 1 N–H and O–H groups in total. The molecule has 0 aliphatic carbocycles. The van der Waals surface area contributed by atoms with Gasteiger partial charge in [-0.25, -0.2) is 0 Å². The predicted octanol–water partition coefficient (Wildman–Crippen LogP) is 0.410. The van der Waals surface area contributed by atoms with E-state index >= 15 is 0 Å². The highest BCUT2D eigenvalue weighted by atomic mass is 32.2. The van der Waals surface area contributed by atoms with Crippen molar-refractivity contribution in [2.75, 3.05) is 38.7 Å². The van der Waals surface area contributed by atoms with Crippen molar-refractivity contribution < 1.29 is 19.2 Å². The SMILES string of the molecule is O=C(CSc1nnnn1-c1ccccc1)N1CC[NH+](Cc2ccc3c(c2)OCO3)CC1. The number of amides is 1. The first-order chi connectivity index (χ1) is 15.3. The smallest absolute Gasteiger partial charge is 0.233 e. The van der Waals surface area contributed by atoms with Gasteiger partial charge < -0.3 is 19.3 Å². The number of carbonyl (C=O) groups is 1. The van der Waals surface area contributed by atoms with Gasteiger partial charge in [0.1, 0.15) is 6.54 Å². The summed E-state index contributed by atoms with van der Waals surface area (Å²) in [4.78, 5) is 16.1. The van der Waals surface area contributed by atoms with E-state index in [0.29, 0.717) is 17.7 Å². The van der Waals surface area contributed by atoms with Gasteiger partial charge in [0.15, 0.2) is 11.5 Å². The van der Waals surface area contributed by atoms with E-state index in [9.17, 15) is 4.79 Å². The molecule has 1 aromatic heterocycles. The van der Waals surface area contributed by atoms with E-state index in [4.69, 9.17) is 9.47 Å². The molecule has 0 unspecified atom stereocenters. The number of hydrogen-bond donors (Lipinski definition) is 1. The molecule has 2 aliphatic heterocycles. The van der Waals surface area contributed by atoms with Gasteiger partial charge in [-0.15, -0.1) is 5.10 Å². The number of aromatic nitrogens is 4. The number of quaternary nitrogens is 1. The van der Waals surface area contributed by atoms with E-state index in [0.717, 1.165) is 49.9 Å². The molecule has 5 rings (SSSR count). The van der Waals surface area contributed by atoms with Gasteiger partial charge in [-0.05, 0) is 40.8 Å². The van der Waals surface area contributed by atoms with E-state index in [2.05, 4.69) is 27.7 Å². The maximum Gasteiger partial charge on any atom is 0.233 e. The van der Waals surface area contributed by atoms with E-state index in [1.807, 2.05) is 41.3 Å². The normalized spacial score (nSPS) is 15.9. The van der Waals surface area contributed by atoms with Crippen molar-refractivity contribution in [2.24, 2.45) is 0 Å². The average Bonchev–Trinajstić information content (AvgIpc) is 3.47. The number of nitrogens with zero attached hydrogens (tertiary/aromatic N) is 5. The second-order valence-corrected chi connectivity index (χ2v) is 8.44. The van der Waals surface area contributed by atoms with Crippen LogP contribution in [0.25, 0.3) is 5.69 Å². The van der Waals surface area contributed by atoms with Gasteiger partial charge in [0.25, 0.3) is 0 Å². The molecule has 0 spiro atoms. The topological polar surface area (TPSA) is 86.8 Å². The summed E-state index contributed by atoms with van der Waals surface area (Å²) in [6.07, 6.45) is 0. The molecule has 0 atom stereocenters. The highest BCUT2D eigenvalue weighted by Gasteiger charge is 2.25. The van der Waals surface area contributed by atoms with Gasteiger partial charge in [-0.2, -0.15) is 4.68 Å². The third kappa shape index (κ3) is 4.49. The van der Waals surface area contributed by atoms with Crippen LogP contribution < -0.4 is 14.4 Å². The summed E-state index contributed by atoms with van der Waals surface area (Å²) in [5.41, 5.74) is 2.10. The lowest BCUT2D eigenvalue weighted by Crippen LogP contribution is -3.13. The zero-order chi connectivity index (χ0) is 21.0. The van der Waals surface area contributed by atoms with Crippen molar-refractivity contribution >= 4 is 17.7 Å². The molecule has 2 aromatic carbocycles. The summed E-state index contributed by atoms with van der Waals surface area (Å²) < 4.78 is 12.5. The number of carbonyl (C=O) groups excluding carboxylic acids is 1. The average molecular weight is 440 g/mol. The number of tetrazole rings is 1. The van der Waals surface area contributed by atoms with Crippen LogP contribution in [0.5, 0.6) is 11.5 Å².